The lowest BCUT2D eigenvalue weighted by Gasteiger charge is -2.22. The number of anilines is 2. The van der Waals surface area contributed by atoms with Gasteiger partial charge < -0.3 is 20.3 Å². The Labute approximate surface area is 119 Å². The minimum atomic E-state index is -0.405. The Hall–Kier alpha value is -2.24. The van der Waals surface area contributed by atoms with Crippen molar-refractivity contribution in [3.63, 3.8) is 0 Å². The summed E-state index contributed by atoms with van der Waals surface area (Å²) in [5.41, 5.74) is 7.47. The van der Waals surface area contributed by atoms with Crippen molar-refractivity contribution in [1.82, 2.24) is 4.90 Å². The fourth-order valence-electron chi connectivity index (χ4n) is 1.67. The van der Waals surface area contributed by atoms with E-state index >= 15 is 0 Å². The summed E-state index contributed by atoms with van der Waals surface area (Å²) in [5.74, 6) is -0.431. The Bertz CT molecular complexity index is 500. The summed E-state index contributed by atoms with van der Waals surface area (Å²) >= 11 is 0. The van der Waals surface area contributed by atoms with Crippen LogP contribution in [-0.4, -0.2) is 51.1 Å². The summed E-state index contributed by atoms with van der Waals surface area (Å²) in [6, 6.07) is 4.91. The molecule has 20 heavy (non-hydrogen) atoms. The van der Waals surface area contributed by atoms with Crippen LogP contribution in [0.15, 0.2) is 18.2 Å². The first kappa shape index (κ1) is 15.8. The molecule has 0 spiro atoms. The van der Waals surface area contributed by atoms with Crippen molar-refractivity contribution in [2.75, 3.05) is 44.9 Å². The number of carbonyl (C=O) groups is 2. The fourth-order valence-corrected chi connectivity index (χ4v) is 1.67. The minimum Gasteiger partial charge on any atom is -0.462 e. The van der Waals surface area contributed by atoms with Crippen molar-refractivity contribution in [2.45, 2.75) is 6.92 Å². The van der Waals surface area contributed by atoms with E-state index in [1.165, 1.54) is 4.90 Å². The summed E-state index contributed by atoms with van der Waals surface area (Å²) < 4.78 is 4.91. The number of benzene rings is 1. The van der Waals surface area contributed by atoms with Gasteiger partial charge in [-0.05, 0) is 25.1 Å². The van der Waals surface area contributed by atoms with Gasteiger partial charge in [-0.1, -0.05) is 0 Å². The molecular weight excluding hydrogens is 258 g/mol. The standard InChI is InChI=1S/C14H21N3O3/c1-5-20-14(19)10-6-7-12(11(15)8-10)17(4)9-13(18)16(2)3/h6-8H,5,9,15H2,1-4H3. The van der Waals surface area contributed by atoms with E-state index in [-0.39, 0.29) is 12.5 Å². The Morgan fingerprint density at radius 2 is 1.90 bits per heavy atom. The van der Waals surface area contributed by atoms with E-state index in [1.54, 1.807) is 51.2 Å². The highest BCUT2D eigenvalue weighted by Gasteiger charge is 2.14. The molecule has 0 heterocycles. The van der Waals surface area contributed by atoms with Crippen molar-refractivity contribution < 1.29 is 14.3 Å². The first-order chi connectivity index (χ1) is 9.36. The number of amides is 1. The molecule has 1 amide bonds. The van der Waals surface area contributed by atoms with Crippen LogP contribution in [0.3, 0.4) is 0 Å². The van der Waals surface area contributed by atoms with Crippen LogP contribution < -0.4 is 10.6 Å². The molecule has 0 aliphatic heterocycles. The molecular formula is C14H21N3O3. The first-order valence-corrected chi connectivity index (χ1v) is 6.34. The van der Waals surface area contributed by atoms with Gasteiger partial charge in [-0.15, -0.1) is 0 Å². The van der Waals surface area contributed by atoms with Gasteiger partial charge in [0, 0.05) is 21.1 Å². The van der Waals surface area contributed by atoms with Gasteiger partial charge in [0.05, 0.1) is 30.1 Å². The quantitative estimate of drug-likeness (QED) is 0.642. The highest BCUT2D eigenvalue weighted by Crippen LogP contribution is 2.23. The van der Waals surface area contributed by atoms with Crippen molar-refractivity contribution in [2.24, 2.45) is 0 Å². The van der Waals surface area contributed by atoms with E-state index in [1.807, 2.05) is 0 Å². The number of nitrogens with two attached hydrogens (primary N) is 1. The summed E-state index contributed by atoms with van der Waals surface area (Å²) in [7, 11) is 5.17. The smallest absolute Gasteiger partial charge is 0.338 e. The van der Waals surface area contributed by atoms with Gasteiger partial charge >= 0.3 is 5.97 Å². The van der Waals surface area contributed by atoms with Crippen molar-refractivity contribution in [3.8, 4) is 0 Å². The maximum Gasteiger partial charge on any atom is 0.338 e. The number of hydrogen-bond donors (Lipinski definition) is 1. The monoisotopic (exact) mass is 279 g/mol. The maximum atomic E-state index is 11.7. The molecule has 0 saturated heterocycles. The predicted molar refractivity (Wildman–Crippen MR) is 78.8 cm³/mol. The molecule has 0 aliphatic carbocycles. The molecule has 2 N–H and O–H groups in total. The maximum absolute atomic E-state index is 11.7. The highest BCUT2D eigenvalue weighted by molar-refractivity contribution is 5.92. The Balaban J connectivity index is 2.87. The number of ether oxygens (including phenoxy) is 1. The van der Waals surface area contributed by atoms with Crippen molar-refractivity contribution in [3.05, 3.63) is 23.8 Å². The molecule has 110 valence electrons. The lowest BCUT2D eigenvalue weighted by atomic mass is 10.1. The molecule has 6 nitrogen and oxygen atoms in total. The van der Waals surface area contributed by atoms with Crippen LogP contribution in [0.2, 0.25) is 0 Å². The second-order valence-corrected chi connectivity index (χ2v) is 4.64. The largest absolute Gasteiger partial charge is 0.462 e. The molecule has 0 saturated carbocycles. The molecule has 0 aliphatic rings. The van der Waals surface area contributed by atoms with Crippen LogP contribution in [0.5, 0.6) is 0 Å². The highest BCUT2D eigenvalue weighted by atomic mass is 16.5. The van der Waals surface area contributed by atoms with E-state index < -0.39 is 5.97 Å². The number of esters is 1. The van der Waals surface area contributed by atoms with Crippen LogP contribution in [0.1, 0.15) is 17.3 Å². The zero-order chi connectivity index (χ0) is 15.3. The predicted octanol–water partition coefficient (Wildman–Crippen LogP) is 0.970. The number of rotatable bonds is 5. The molecule has 1 aromatic carbocycles. The number of nitrogens with zero attached hydrogens (tertiary/aromatic N) is 2. The number of likely N-dealkylation sites (N-methyl/N-ethyl adjacent to an activating group) is 2. The third-order valence-electron chi connectivity index (χ3n) is 2.82. The van der Waals surface area contributed by atoms with Crippen LogP contribution in [0.25, 0.3) is 0 Å². The summed E-state index contributed by atoms with van der Waals surface area (Å²) in [6.07, 6.45) is 0. The normalized spacial score (nSPS) is 10.0. The van der Waals surface area contributed by atoms with E-state index in [9.17, 15) is 9.59 Å². The van der Waals surface area contributed by atoms with E-state index in [0.29, 0.717) is 23.5 Å². The second kappa shape index (κ2) is 6.79. The topological polar surface area (TPSA) is 75.9 Å². The minimum absolute atomic E-state index is 0.0265. The van der Waals surface area contributed by atoms with Crippen molar-refractivity contribution >= 4 is 23.3 Å². The summed E-state index contributed by atoms with van der Waals surface area (Å²) in [5, 5.41) is 0. The van der Waals surface area contributed by atoms with Crippen molar-refractivity contribution in [1.29, 1.82) is 0 Å². The van der Waals surface area contributed by atoms with Crippen LogP contribution in [0, 0.1) is 0 Å². The fraction of sp³-hybridized carbons (Fsp3) is 0.429. The van der Waals surface area contributed by atoms with Gasteiger partial charge in [-0.25, -0.2) is 4.79 Å². The Morgan fingerprint density at radius 1 is 1.25 bits per heavy atom. The molecule has 1 rings (SSSR count). The average molecular weight is 279 g/mol. The Morgan fingerprint density at radius 3 is 2.40 bits per heavy atom. The molecule has 0 aromatic heterocycles. The van der Waals surface area contributed by atoms with Gasteiger partial charge in [0.2, 0.25) is 5.91 Å². The lowest BCUT2D eigenvalue weighted by molar-refractivity contribution is -0.127. The molecule has 0 unspecified atom stereocenters. The molecule has 0 fully saturated rings. The molecule has 6 heteroatoms. The molecule has 0 atom stereocenters. The van der Waals surface area contributed by atoms with Gasteiger partial charge in [0.25, 0.3) is 0 Å². The van der Waals surface area contributed by atoms with E-state index in [0.717, 1.165) is 0 Å². The van der Waals surface area contributed by atoms with Crippen LogP contribution in [0.4, 0.5) is 11.4 Å². The third-order valence-corrected chi connectivity index (χ3v) is 2.82. The van der Waals surface area contributed by atoms with Gasteiger partial charge in [-0.2, -0.15) is 0 Å². The molecule has 0 radical (unpaired) electrons. The average Bonchev–Trinajstić information content (AvgIpc) is 2.38. The summed E-state index contributed by atoms with van der Waals surface area (Å²) in [6.45, 7) is 2.28. The van der Waals surface area contributed by atoms with Gasteiger partial charge in [0.1, 0.15) is 0 Å². The number of carbonyl (C=O) groups excluding carboxylic acids is 2. The Kier molecular flexibility index (Phi) is 5.37. The number of nitrogen functional groups attached to an aromatic ring is 1. The van der Waals surface area contributed by atoms with E-state index in [4.69, 9.17) is 10.5 Å². The SMILES string of the molecule is CCOC(=O)c1ccc(N(C)CC(=O)N(C)C)c(N)c1. The van der Waals surface area contributed by atoms with Crippen LogP contribution >= 0.6 is 0 Å². The van der Waals surface area contributed by atoms with Gasteiger partial charge in [-0.3, -0.25) is 4.79 Å². The molecule has 1 aromatic rings. The summed E-state index contributed by atoms with van der Waals surface area (Å²) in [4.78, 5) is 26.5. The number of hydrogen-bond acceptors (Lipinski definition) is 5. The van der Waals surface area contributed by atoms with Gasteiger partial charge in [0.15, 0.2) is 0 Å². The second-order valence-electron chi connectivity index (χ2n) is 4.64. The zero-order valence-corrected chi connectivity index (χ0v) is 12.3. The first-order valence-electron chi connectivity index (χ1n) is 6.34. The third kappa shape index (κ3) is 3.88. The molecule has 0 bridgehead atoms. The van der Waals surface area contributed by atoms with E-state index in [2.05, 4.69) is 0 Å². The van der Waals surface area contributed by atoms with Crippen LogP contribution in [-0.2, 0) is 9.53 Å². The zero-order valence-electron chi connectivity index (χ0n) is 12.3. The lowest BCUT2D eigenvalue weighted by Crippen LogP contribution is -2.34.